The molecule has 2 aliphatic rings. The van der Waals surface area contributed by atoms with Gasteiger partial charge in [-0.3, -0.25) is 4.98 Å². The summed E-state index contributed by atoms with van der Waals surface area (Å²) >= 11 is 0. The molecule has 80 valence electrons. The van der Waals surface area contributed by atoms with Gasteiger partial charge in [-0.15, -0.1) is 0 Å². The van der Waals surface area contributed by atoms with Crippen molar-refractivity contribution in [2.75, 3.05) is 5.73 Å². The van der Waals surface area contributed by atoms with E-state index in [0.717, 1.165) is 24.4 Å². The van der Waals surface area contributed by atoms with Gasteiger partial charge < -0.3 is 5.73 Å². The summed E-state index contributed by atoms with van der Waals surface area (Å²) in [5, 5.41) is 0. The third-order valence-electron chi connectivity index (χ3n) is 4.00. The van der Waals surface area contributed by atoms with E-state index in [2.05, 4.69) is 11.9 Å². The van der Waals surface area contributed by atoms with Gasteiger partial charge in [-0.05, 0) is 55.1 Å². The van der Waals surface area contributed by atoms with Crippen LogP contribution in [0.2, 0.25) is 0 Å². The molecule has 15 heavy (non-hydrogen) atoms. The zero-order chi connectivity index (χ0) is 10.4. The number of hydrogen-bond donors (Lipinski definition) is 1. The molecular weight excluding hydrogens is 184 g/mol. The predicted octanol–water partition coefficient (Wildman–Crippen LogP) is 2.67. The molecule has 3 rings (SSSR count). The Balaban J connectivity index is 2.01. The first-order valence-electron chi connectivity index (χ1n) is 6.03. The predicted molar refractivity (Wildman–Crippen MR) is 61.8 cm³/mol. The van der Waals surface area contributed by atoms with Crippen molar-refractivity contribution in [3.8, 4) is 0 Å². The quantitative estimate of drug-likeness (QED) is 0.800. The van der Waals surface area contributed by atoms with E-state index in [1.54, 1.807) is 0 Å². The minimum absolute atomic E-state index is 0.614. The van der Waals surface area contributed by atoms with E-state index in [9.17, 15) is 0 Å². The van der Waals surface area contributed by atoms with Crippen molar-refractivity contribution in [2.45, 2.75) is 44.9 Å². The Morgan fingerprint density at radius 1 is 1.40 bits per heavy atom. The Labute approximate surface area is 90.9 Å². The molecule has 0 aromatic carbocycles. The second-order valence-corrected chi connectivity index (χ2v) is 5.03. The lowest BCUT2D eigenvalue weighted by molar-refractivity contribution is 0.662. The van der Waals surface area contributed by atoms with Crippen molar-refractivity contribution < 1.29 is 0 Å². The van der Waals surface area contributed by atoms with Crippen LogP contribution in [0, 0.1) is 5.92 Å². The minimum atomic E-state index is 0.614. The van der Waals surface area contributed by atoms with Crippen LogP contribution in [0.15, 0.2) is 6.20 Å². The summed E-state index contributed by atoms with van der Waals surface area (Å²) in [5.41, 5.74) is 11.2. The molecule has 1 heterocycles. The number of hydrogen-bond acceptors (Lipinski definition) is 2. The van der Waals surface area contributed by atoms with Crippen LogP contribution in [0.1, 0.15) is 48.9 Å². The normalized spacial score (nSPS) is 21.4. The number of nitrogens with zero attached hydrogens (tertiary/aromatic N) is 1. The largest absolute Gasteiger partial charge is 0.398 e. The molecular formula is C13H18N2. The number of aryl methyl sites for hydroxylation is 1. The van der Waals surface area contributed by atoms with Gasteiger partial charge in [-0.25, -0.2) is 0 Å². The van der Waals surface area contributed by atoms with Gasteiger partial charge in [0.2, 0.25) is 0 Å². The zero-order valence-corrected chi connectivity index (χ0v) is 9.29. The summed E-state index contributed by atoms with van der Waals surface area (Å²) in [6, 6.07) is 0. The number of rotatable bonds is 2. The summed E-state index contributed by atoms with van der Waals surface area (Å²) in [6.07, 6.45) is 8.27. The summed E-state index contributed by atoms with van der Waals surface area (Å²) in [4.78, 5) is 4.57. The van der Waals surface area contributed by atoms with Crippen molar-refractivity contribution in [3.05, 3.63) is 23.0 Å². The number of anilines is 1. The van der Waals surface area contributed by atoms with Gasteiger partial charge in [0.1, 0.15) is 0 Å². The maximum absolute atomic E-state index is 6.26. The summed E-state index contributed by atoms with van der Waals surface area (Å²) in [7, 11) is 0. The molecule has 0 amide bonds. The number of aromatic nitrogens is 1. The zero-order valence-electron chi connectivity index (χ0n) is 9.29. The lowest BCUT2D eigenvalue weighted by Gasteiger charge is -2.15. The SMILES string of the molecule is C[C@H](c1cnc2c(c1N)CCC2)C1CC1. The molecule has 2 aliphatic carbocycles. The molecule has 0 aliphatic heterocycles. The molecule has 1 saturated carbocycles. The van der Waals surface area contributed by atoms with Crippen LogP contribution in [-0.4, -0.2) is 4.98 Å². The maximum Gasteiger partial charge on any atom is 0.0456 e. The minimum Gasteiger partial charge on any atom is -0.398 e. The Morgan fingerprint density at radius 2 is 2.20 bits per heavy atom. The summed E-state index contributed by atoms with van der Waals surface area (Å²) < 4.78 is 0. The number of pyridine rings is 1. The van der Waals surface area contributed by atoms with Crippen LogP contribution < -0.4 is 5.73 Å². The highest BCUT2D eigenvalue weighted by Crippen LogP contribution is 2.44. The number of nitrogens with two attached hydrogens (primary N) is 1. The number of nitrogen functional groups attached to an aromatic ring is 1. The molecule has 1 atom stereocenters. The first-order chi connectivity index (χ1) is 7.27. The smallest absolute Gasteiger partial charge is 0.0456 e. The van der Waals surface area contributed by atoms with Crippen molar-refractivity contribution in [3.63, 3.8) is 0 Å². The molecule has 0 unspecified atom stereocenters. The van der Waals surface area contributed by atoms with E-state index >= 15 is 0 Å². The van der Waals surface area contributed by atoms with E-state index in [4.69, 9.17) is 5.73 Å². The first-order valence-corrected chi connectivity index (χ1v) is 6.03. The monoisotopic (exact) mass is 202 g/mol. The van der Waals surface area contributed by atoms with E-state index in [1.807, 2.05) is 6.20 Å². The van der Waals surface area contributed by atoms with Crippen LogP contribution in [0.4, 0.5) is 5.69 Å². The summed E-state index contributed by atoms with van der Waals surface area (Å²) in [6.45, 7) is 2.30. The van der Waals surface area contributed by atoms with Gasteiger partial charge in [0, 0.05) is 17.6 Å². The average Bonchev–Trinajstić information content (AvgIpc) is 2.97. The third kappa shape index (κ3) is 1.43. The Kier molecular flexibility index (Phi) is 1.98. The number of fused-ring (bicyclic) bond motifs is 1. The van der Waals surface area contributed by atoms with Crippen LogP contribution in [0.25, 0.3) is 0 Å². The Morgan fingerprint density at radius 3 is 2.93 bits per heavy atom. The highest BCUT2D eigenvalue weighted by Gasteiger charge is 2.31. The van der Waals surface area contributed by atoms with Crippen LogP contribution in [0.3, 0.4) is 0 Å². The maximum atomic E-state index is 6.26. The lowest BCUT2D eigenvalue weighted by atomic mass is 9.94. The molecule has 1 aromatic rings. The van der Waals surface area contributed by atoms with Crippen molar-refractivity contribution in [1.82, 2.24) is 4.98 Å². The highest BCUT2D eigenvalue weighted by atomic mass is 14.7. The average molecular weight is 202 g/mol. The van der Waals surface area contributed by atoms with Gasteiger partial charge in [0.25, 0.3) is 0 Å². The van der Waals surface area contributed by atoms with Crippen LogP contribution in [0.5, 0.6) is 0 Å². The standard InChI is InChI=1S/C13H18N2/c1-8(9-5-6-9)11-7-15-12-4-2-3-10(12)13(11)14/h7-9H,2-6H2,1H3,(H2,14,15)/t8-/m0/s1. The Hall–Kier alpha value is -1.05. The van der Waals surface area contributed by atoms with E-state index in [1.165, 1.54) is 36.1 Å². The van der Waals surface area contributed by atoms with Crippen molar-refractivity contribution >= 4 is 5.69 Å². The van der Waals surface area contributed by atoms with Gasteiger partial charge >= 0.3 is 0 Å². The molecule has 2 N–H and O–H groups in total. The lowest BCUT2D eigenvalue weighted by Crippen LogP contribution is -2.06. The van der Waals surface area contributed by atoms with E-state index < -0.39 is 0 Å². The third-order valence-corrected chi connectivity index (χ3v) is 4.00. The van der Waals surface area contributed by atoms with Crippen LogP contribution >= 0.6 is 0 Å². The fraction of sp³-hybridized carbons (Fsp3) is 0.615. The molecule has 1 aromatic heterocycles. The fourth-order valence-electron chi connectivity index (χ4n) is 2.76. The molecule has 0 spiro atoms. The van der Waals surface area contributed by atoms with E-state index in [0.29, 0.717) is 5.92 Å². The summed E-state index contributed by atoms with van der Waals surface area (Å²) in [5.74, 6) is 1.48. The van der Waals surface area contributed by atoms with E-state index in [-0.39, 0.29) is 0 Å². The molecule has 0 bridgehead atoms. The van der Waals surface area contributed by atoms with Crippen molar-refractivity contribution in [2.24, 2.45) is 5.92 Å². The second-order valence-electron chi connectivity index (χ2n) is 5.03. The topological polar surface area (TPSA) is 38.9 Å². The fourth-order valence-corrected chi connectivity index (χ4v) is 2.76. The molecule has 1 fully saturated rings. The first kappa shape index (κ1) is 9.20. The van der Waals surface area contributed by atoms with Gasteiger partial charge in [0.15, 0.2) is 0 Å². The van der Waals surface area contributed by atoms with Crippen LogP contribution in [-0.2, 0) is 12.8 Å². The Bertz CT molecular complexity index is 394. The molecule has 0 saturated heterocycles. The second kappa shape index (κ2) is 3.22. The highest BCUT2D eigenvalue weighted by molar-refractivity contribution is 5.57. The van der Waals surface area contributed by atoms with Gasteiger partial charge in [-0.1, -0.05) is 6.92 Å². The molecule has 2 heteroatoms. The van der Waals surface area contributed by atoms with Gasteiger partial charge in [0.05, 0.1) is 0 Å². The molecule has 2 nitrogen and oxygen atoms in total. The molecule has 0 radical (unpaired) electrons. The van der Waals surface area contributed by atoms with Gasteiger partial charge in [-0.2, -0.15) is 0 Å². The van der Waals surface area contributed by atoms with Crippen molar-refractivity contribution in [1.29, 1.82) is 0 Å².